The summed E-state index contributed by atoms with van der Waals surface area (Å²) in [6.45, 7) is 2.14. The summed E-state index contributed by atoms with van der Waals surface area (Å²) in [6.07, 6.45) is 0. The Morgan fingerprint density at radius 3 is 2.52 bits per heavy atom. The standard InChI is InChI=1S/C26H28N4O3/c1-30(2)15-14-27-18-10-8-17(9-11-18)25(31)29-22-13-12-19(21-16-28-26(32)24(21)22)20-6-4-5-7-23(20)33-3/h4-13,27H,14-16H2,1-3H3,(H,28,32)(H,29,31). The lowest BCUT2D eigenvalue weighted by Gasteiger charge is -2.15. The first-order valence-corrected chi connectivity index (χ1v) is 10.9. The van der Waals surface area contributed by atoms with Gasteiger partial charge in [0.05, 0.1) is 18.4 Å². The molecule has 0 radical (unpaired) electrons. The number of ether oxygens (including phenoxy) is 1. The number of hydrogen-bond donors (Lipinski definition) is 3. The van der Waals surface area contributed by atoms with Gasteiger partial charge >= 0.3 is 0 Å². The average molecular weight is 445 g/mol. The van der Waals surface area contributed by atoms with Crippen LogP contribution in [0.4, 0.5) is 11.4 Å². The summed E-state index contributed by atoms with van der Waals surface area (Å²) in [5.74, 6) is 0.273. The van der Waals surface area contributed by atoms with E-state index in [0.29, 0.717) is 23.4 Å². The minimum Gasteiger partial charge on any atom is -0.496 e. The van der Waals surface area contributed by atoms with Gasteiger partial charge in [-0.1, -0.05) is 24.3 Å². The zero-order valence-corrected chi connectivity index (χ0v) is 19.1. The molecule has 0 saturated carbocycles. The molecule has 0 saturated heterocycles. The number of methoxy groups -OCH3 is 1. The van der Waals surface area contributed by atoms with Crippen molar-refractivity contribution in [3.63, 3.8) is 0 Å². The lowest BCUT2D eigenvalue weighted by molar-refractivity contribution is 0.0966. The Morgan fingerprint density at radius 2 is 1.79 bits per heavy atom. The van der Waals surface area contributed by atoms with E-state index in [9.17, 15) is 9.59 Å². The highest BCUT2D eigenvalue weighted by molar-refractivity contribution is 6.11. The Morgan fingerprint density at radius 1 is 1.03 bits per heavy atom. The number of para-hydroxylation sites is 1. The van der Waals surface area contributed by atoms with Crippen molar-refractivity contribution in [2.75, 3.05) is 44.9 Å². The number of nitrogens with zero attached hydrogens (tertiary/aromatic N) is 1. The van der Waals surface area contributed by atoms with Gasteiger partial charge in [0.15, 0.2) is 0 Å². The lowest BCUT2D eigenvalue weighted by Crippen LogP contribution is -2.20. The fourth-order valence-corrected chi connectivity index (χ4v) is 3.93. The Kier molecular flexibility index (Phi) is 6.60. The van der Waals surface area contributed by atoms with Crippen LogP contribution in [-0.4, -0.2) is 51.0 Å². The highest BCUT2D eigenvalue weighted by Gasteiger charge is 2.27. The van der Waals surface area contributed by atoms with Crippen LogP contribution in [0.3, 0.4) is 0 Å². The van der Waals surface area contributed by atoms with Crippen LogP contribution in [0, 0.1) is 0 Å². The number of fused-ring (bicyclic) bond motifs is 1. The second kappa shape index (κ2) is 9.75. The fourth-order valence-electron chi connectivity index (χ4n) is 3.93. The summed E-state index contributed by atoms with van der Waals surface area (Å²) in [4.78, 5) is 27.6. The Bertz CT molecular complexity index is 1170. The van der Waals surface area contributed by atoms with Crippen molar-refractivity contribution in [2.24, 2.45) is 0 Å². The number of anilines is 2. The normalized spacial score (nSPS) is 12.3. The molecular formula is C26H28N4O3. The van der Waals surface area contributed by atoms with Crippen LogP contribution in [0.5, 0.6) is 5.75 Å². The number of likely N-dealkylation sites (N-methyl/N-ethyl adjacent to an activating group) is 1. The molecule has 4 rings (SSSR count). The van der Waals surface area contributed by atoms with E-state index in [0.717, 1.165) is 41.2 Å². The molecule has 3 aromatic rings. The van der Waals surface area contributed by atoms with Gasteiger partial charge in [0.2, 0.25) is 0 Å². The molecule has 0 fully saturated rings. The van der Waals surface area contributed by atoms with Gasteiger partial charge in [-0.2, -0.15) is 0 Å². The van der Waals surface area contributed by atoms with Crippen molar-refractivity contribution in [2.45, 2.75) is 6.54 Å². The maximum Gasteiger partial charge on any atom is 0.255 e. The number of carbonyl (C=O) groups excluding carboxylic acids is 2. The van der Waals surface area contributed by atoms with Crippen molar-refractivity contribution in [3.8, 4) is 16.9 Å². The van der Waals surface area contributed by atoms with Gasteiger partial charge in [0.25, 0.3) is 11.8 Å². The van der Waals surface area contributed by atoms with E-state index in [4.69, 9.17) is 4.74 Å². The van der Waals surface area contributed by atoms with Gasteiger partial charge in [0.1, 0.15) is 5.75 Å². The molecular weight excluding hydrogens is 416 g/mol. The largest absolute Gasteiger partial charge is 0.496 e. The Labute approximate surface area is 193 Å². The molecule has 0 atom stereocenters. The number of amides is 2. The fraction of sp³-hybridized carbons (Fsp3) is 0.231. The topological polar surface area (TPSA) is 82.7 Å². The highest BCUT2D eigenvalue weighted by atomic mass is 16.5. The third kappa shape index (κ3) is 4.83. The van der Waals surface area contributed by atoms with Gasteiger partial charge in [-0.3, -0.25) is 9.59 Å². The van der Waals surface area contributed by atoms with E-state index in [1.165, 1.54) is 0 Å². The first-order valence-electron chi connectivity index (χ1n) is 10.9. The molecule has 0 bridgehead atoms. The molecule has 33 heavy (non-hydrogen) atoms. The van der Waals surface area contributed by atoms with E-state index >= 15 is 0 Å². The van der Waals surface area contributed by atoms with Crippen LogP contribution in [0.15, 0.2) is 60.7 Å². The predicted octanol–water partition coefficient (Wildman–Crippen LogP) is 3.83. The third-order valence-electron chi connectivity index (χ3n) is 5.65. The van der Waals surface area contributed by atoms with Crippen LogP contribution >= 0.6 is 0 Å². The van der Waals surface area contributed by atoms with Crippen molar-refractivity contribution >= 4 is 23.2 Å². The van der Waals surface area contributed by atoms with E-state index in [1.54, 1.807) is 25.3 Å². The molecule has 1 heterocycles. The van der Waals surface area contributed by atoms with Crippen molar-refractivity contribution < 1.29 is 14.3 Å². The van der Waals surface area contributed by atoms with Gasteiger partial charge < -0.3 is 25.6 Å². The smallest absolute Gasteiger partial charge is 0.255 e. The molecule has 0 spiro atoms. The minimum atomic E-state index is -0.262. The van der Waals surface area contributed by atoms with Crippen LogP contribution in [0.2, 0.25) is 0 Å². The molecule has 170 valence electrons. The number of benzene rings is 3. The first-order chi connectivity index (χ1) is 16.0. The van der Waals surface area contributed by atoms with Gasteiger partial charge in [-0.05, 0) is 61.6 Å². The summed E-state index contributed by atoms with van der Waals surface area (Å²) in [5, 5.41) is 9.12. The van der Waals surface area contributed by atoms with E-state index < -0.39 is 0 Å². The van der Waals surface area contributed by atoms with Gasteiger partial charge in [-0.25, -0.2) is 0 Å². The molecule has 7 heteroatoms. The Balaban J connectivity index is 1.56. The number of rotatable bonds is 8. The third-order valence-corrected chi connectivity index (χ3v) is 5.65. The molecule has 1 aliphatic heterocycles. The monoisotopic (exact) mass is 444 g/mol. The molecule has 3 aromatic carbocycles. The molecule has 0 unspecified atom stereocenters. The number of hydrogen-bond acceptors (Lipinski definition) is 5. The van der Waals surface area contributed by atoms with Crippen LogP contribution in [0.1, 0.15) is 26.3 Å². The Hall–Kier alpha value is -3.84. The first kappa shape index (κ1) is 22.4. The molecule has 1 aliphatic rings. The molecule has 2 amide bonds. The molecule has 0 aliphatic carbocycles. The van der Waals surface area contributed by atoms with Crippen LogP contribution in [0.25, 0.3) is 11.1 Å². The minimum absolute atomic E-state index is 0.197. The summed E-state index contributed by atoms with van der Waals surface area (Å²) >= 11 is 0. The van der Waals surface area contributed by atoms with E-state index in [-0.39, 0.29) is 11.8 Å². The molecule has 0 aromatic heterocycles. The predicted molar refractivity (Wildman–Crippen MR) is 131 cm³/mol. The van der Waals surface area contributed by atoms with E-state index in [1.807, 2.05) is 56.6 Å². The maximum atomic E-state index is 12.9. The van der Waals surface area contributed by atoms with Gasteiger partial charge in [0, 0.05) is 36.4 Å². The second-order valence-corrected chi connectivity index (χ2v) is 8.16. The number of carbonyl (C=O) groups is 2. The van der Waals surface area contributed by atoms with Crippen LogP contribution in [-0.2, 0) is 6.54 Å². The van der Waals surface area contributed by atoms with Crippen molar-refractivity contribution in [1.82, 2.24) is 10.2 Å². The summed E-state index contributed by atoms with van der Waals surface area (Å²) in [7, 11) is 5.67. The maximum absolute atomic E-state index is 12.9. The van der Waals surface area contributed by atoms with E-state index in [2.05, 4.69) is 20.9 Å². The average Bonchev–Trinajstić information content (AvgIpc) is 3.21. The van der Waals surface area contributed by atoms with Crippen molar-refractivity contribution in [1.29, 1.82) is 0 Å². The van der Waals surface area contributed by atoms with Gasteiger partial charge in [-0.15, -0.1) is 0 Å². The summed E-state index contributed by atoms with van der Waals surface area (Å²) < 4.78 is 5.50. The van der Waals surface area contributed by atoms with Crippen molar-refractivity contribution in [3.05, 3.63) is 77.4 Å². The summed E-state index contributed by atoms with van der Waals surface area (Å²) in [6, 6.07) is 18.7. The quantitative estimate of drug-likeness (QED) is 0.492. The SMILES string of the molecule is COc1ccccc1-c1ccc(NC(=O)c2ccc(NCCN(C)C)cc2)c2c1CNC2=O. The second-order valence-electron chi connectivity index (χ2n) is 8.16. The van der Waals surface area contributed by atoms with Crippen LogP contribution < -0.4 is 20.7 Å². The molecule has 7 nitrogen and oxygen atoms in total. The summed E-state index contributed by atoms with van der Waals surface area (Å²) in [5.41, 5.74) is 5.13. The number of nitrogens with one attached hydrogen (secondary N) is 3. The molecule has 3 N–H and O–H groups in total. The lowest BCUT2D eigenvalue weighted by atomic mass is 9.95. The zero-order chi connectivity index (χ0) is 23.4. The highest BCUT2D eigenvalue weighted by Crippen LogP contribution is 2.38. The zero-order valence-electron chi connectivity index (χ0n) is 19.1.